The summed E-state index contributed by atoms with van der Waals surface area (Å²) in [6.45, 7) is 2.46. The number of halogens is 1. The van der Waals surface area contributed by atoms with Gasteiger partial charge in [-0.1, -0.05) is 46.3 Å². The Balaban J connectivity index is 1.69. The summed E-state index contributed by atoms with van der Waals surface area (Å²) in [5, 5.41) is 0. The van der Waals surface area contributed by atoms with Crippen molar-refractivity contribution in [2.45, 2.75) is 38.5 Å². The monoisotopic (exact) mass is 373 g/mol. The SMILES string of the molecule is CC(Oc1ccccc1)C(=O)N(Cc1cccc(Br)c1)C1CC1. The van der Waals surface area contributed by atoms with Crippen molar-refractivity contribution < 1.29 is 9.53 Å². The number of nitrogens with zero attached hydrogens (tertiary/aromatic N) is 1. The quantitative estimate of drug-likeness (QED) is 0.750. The van der Waals surface area contributed by atoms with Crippen molar-refractivity contribution in [1.82, 2.24) is 4.90 Å². The van der Waals surface area contributed by atoms with Gasteiger partial charge in [0.15, 0.2) is 6.10 Å². The Bertz CT molecular complexity index is 670. The molecule has 3 rings (SSSR count). The molecular formula is C19H20BrNO2. The van der Waals surface area contributed by atoms with Crippen LogP contribution >= 0.6 is 15.9 Å². The summed E-state index contributed by atoms with van der Waals surface area (Å²) in [4.78, 5) is 14.8. The van der Waals surface area contributed by atoms with E-state index in [1.165, 1.54) is 0 Å². The lowest BCUT2D eigenvalue weighted by molar-refractivity contribution is -0.139. The van der Waals surface area contributed by atoms with Crippen molar-refractivity contribution in [2.24, 2.45) is 0 Å². The van der Waals surface area contributed by atoms with Gasteiger partial charge >= 0.3 is 0 Å². The summed E-state index contributed by atoms with van der Waals surface area (Å²) in [5.74, 6) is 0.780. The van der Waals surface area contributed by atoms with Crippen molar-refractivity contribution in [3.63, 3.8) is 0 Å². The molecular weight excluding hydrogens is 354 g/mol. The van der Waals surface area contributed by atoms with E-state index < -0.39 is 6.10 Å². The Labute approximate surface area is 145 Å². The van der Waals surface area contributed by atoms with Crippen LogP contribution in [0.25, 0.3) is 0 Å². The second kappa shape index (κ2) is 7.18. The van der Waals surface area contributed by atoms with E-state index in [1.807, 2.05) is 54.3 Å². The van der Waals surface area contributed by atoms with Crippen LogP contribution in [0.15, 0.2) is 59.1 Å². The molecule has 23 heavy (non-hydrogen) atoms. The van der Waals surface area contributed by atoms with E-state index in [0.29, 0.717) is 12.6 Å². The number of carbonyl (C=O) groups excluding carboxylic acids is 1. The van der Waals surface area contributed by atoms with Crippen LogP contribution in [0.2, 0.25) is 0 Å². The molecule has 1 unspecified atom stereocenters. The molecule has 120 valence electrons. The van der Waals surface area contributed by atoms with Crippen molar-refractivity contribution in [3.05, 3.63) is 64.6 Å². The Morgan fingerprint density at radius 1 is 1.22 bits per heavy atom. The molecule has 1 aliphatic rings. The number of carbonyl (C=O) groups is 1. The van der Waals surface area contributed by atoms with Crippen LogP contribution in [0, 0.1) is 0 Å². The minimum absolute atomic E-state index is 0.0522. The van der Waals surface area contributed by atoms with Crippen LogP contribution in [0.1, 0.15) is 25.3 Å². The zero-order chi connectivity index (χ0) is 16.2. The molecule has 1 aliphatic carbocycles. The van der Waals surface area contributed by atoms with Gasteiger partial charge in [0.2, 0.25) is 0 Å². The fraction of sp³-hybridized carbons (Fsp3) is 0.316. The van der Waals surface area contributed by atoms with E-state index in [-0.39, 0.29) is 5.91 Å². The lowest BCUT2D eigenvalue weighted by Gasteiger charge is -2.26. The molecule has 0 spiro atoms. The lowest BCUT2D eigenvalue weighted by Crippen LogP contribution is -2.41. The van der Waals surface area contributed by atoms with E-state index in [9.17, 15) is 4.79 Å². The van der Waals surface area contributed by atoms with Gasteiger partial charge in [-0.15, -0.1) is 0 Å². The minimum atomic E-state index is -0.481. The van der Waals surface area contributed by atoms with Gasteiger partial charge in [0.1, 0.15) is 5.75 Å². The maximum atomic E-state index is 12.8. The average molecular weight is 374 g/mol. The Kier molecular flexibility index (Phi) is 5.01. The summed E-state index contributed by atoms with van der Waals surface area (Å²) in [7, 11) is 0. The number of hydrogen-bond donors (Lipinski definition) is 0. The number of hydrogen-bond acceptors (Lipinski definition) is 2. The maximum absolute atomic E-state index is 12.8. The summed E-state index contributed by atoms with van der Waals surface area (Å²) in [5.41, 5.74) is 1.13. The molecule has 0 saturated heterocycles. The standard InChI is InChI=1S/C19H20BrNO2/c1-14(23-18-8-3-2-4-9-18)19(22)21(17-10-11-17)13-15-6-5-7-16(20)12-15/h2-9,12,14,17H,10-11,13H2,1H3. The van der Waals surface area contributed by atoms with Gasteiger partial charge in [-0.2, -0.15) is 0 Å². The minimum Gasteiger partial charge on any atom is -0.481 e. The third kappa shape index (κ3) is 4.35. The molecule has 0 aromatic heterocycles. The molecule has 1 atom stereocenters. The summed E-state index contributed by atoms with van der Waals surface area (Å²) in [6.07, 6.45) is 1.68. The molecule has 4 heteroatoms. The maximum Gasteiger partial charge on any atom is 0.263 e. The second-order valence-corrected chi connectivity index (χ2v) is 6.82. The van der Waals surface area contributed by atoms with Crippen molar-refractivity contribution in [3.8, 4) is 5.75 Å². The van der Waals surface area contributed by atoms with Gasteiger partial charge in [0.25, 0.3) is 5.91 Å². The third-order valence-electron chi connectivity index (χ3n) is 3.92. The number of para-hydroxylation sites is 1. The van der Waals surface area contributed by atoms with Gasteiger partial charge in [0.05, 0.1) is 0 Å². The largest absolute Gasteiger partial charge is 0.481 e. The van der Waals surface area contributed by atoms with Gasteiger partial charge in [-0.25, -0.2) is 0 Å². The van der Waals surface area contributed by atoms with E-state index in [2.05, 4.69) is 28.1 Å². The Morgan fingerprint density at radius 2 is 1.96 bits per heavy atom. The molecule has 2 aromatic carbocycles. The zero-order valence-corrected chi connectivity index (χ0v) is 14.7. The molecule has 0 bridgehead atoms. The fourth-order valence-electron chi connectivity index (χ4n) is 2.59. The van der Waals surface area contributed by atoms with Crippen LogP contribution in [0.4, 0.5) is 0 Å². The van der Waals surface area contributed by atoms with E-state index in [0.717, 1.165) is 28.6 Å². The number of benzene rings is 2. The third-order valence-corrected chi connectivity index (χ3v) is 4.41. The average Bonchev–Trinajstić information content (AvgIpc) is 3.38. The van der Waals surface area contributed by atoms with Crippen molar-refractivity contribution in [1.29, 1.82) is 0 Å². The fourth-order valence-corrected chi connectivity index (χ4v) is 3.04. The summed E-state index contributed by atoms with van der Waals surface area (Å²) >= 11 is 3.49. The molecule has 0 heterocycles. The van der Waals surface area contributed by atoms with Gasteiger partial charge < -0.3 is 9.64 Å². The van der Waals surface area contributed by atoms with E-state index >= 15 is 0 Å². The highest BCUT2D eigenvalue weighted by atomic mass is 79.9. The molecule has 1 fully saturated rings. The highest BCUT2D eigenvalue weighted by Crippen LogP contribution is 2.30. The van der Waals surface area contributed by atoms with Crippen LogP contribution in [0.3, 0.4) is 0 Å². The summed E-state index contributed by atoms with van der Waals surface area (Å²) < 4.78 is 6.83. The Morgan fingerprint density at radius 3 is 2.61 bits per heavy atom. The highest BCUT2D eigenvalue weighted by Gasteiger charge is 2.35. The molecule has 0 radical (unpaired) electrons. The number of rotatable bonds is 6. The molecule has 0 aliphatic heterocycles. The molecule has 3 nitrogen and oxygen atoms in total. The molecule has 0 N–H and O–H groups in total. The Hall–Kier alpha value is -1.81. The second-order valence-electron chi connectivity index (χ2n) is 5.90. The first-order valence-corrected chi connectivity index (χ1v) is 8.69. The van der Waals surface area contributed by atoms with E-state index in [4.69, 9.17) is 4.74 Å². The lowest BCUT2D eigenvalue weighted by atomic mass is 10.2. The van der Waals surface area contributed by atoms with Crippen LogP contribution in [0.5, 0.6) is 5.75 Å². The highest BCUT2D eigenvalue weighted by molar-refractivity contribution is 9.10. The molecule has 2 aromatic rings. The predicted molar refractivity (Wildman–Crippen MR) is 94.2 cm³/mol. The van der Waals surface area contributed by atoms with Gasteiger partial charge in [-0.3, -0.25) is 4.79 Å². The van der Waals surface area contributed by atoms with Gasteiger partial charge in [0, 0.05) is 17.1 Å². The zero-order valence-electron chi connectivity index (χ0n) is 13.1. The normalized spacial score (nSPS) is 15.0. The summed E-state index contributed by atoms with van der Waals surface area (Å²) in [6, 6.07) is 18.0. The van der Waals surface area contributed by atoms with Crippen molar-refractivity contribution in [2.75, 3.05) is 0 Å². The smallest absolute Gasteiger partial charge is 0.263 e. The first-order chi connectivity index (χ1) is 11.1. The predicted octanol–water partition coefficient (Wildman–Crippen LogP) is 4.41. The topological polar surface area (TPSA) is 29.5 Å². The van der Waals surface area contributed by atoms with Crippen molar-refractivity contribution >= 4 is 21.8 Å². The molecule has 1 saturated carbocycles. The molecule has 1 amide bonds. The number of ether oxygens (including phenoxy) is 1. The number of amides is 1. The van der Waals surface area contributed by atoms with Crippen LogP contribution in [-0.4, -0.2) is 23.0 Å². The first kappa shape index (κ1) is 16.1. The van der Waals surface area contributed by atoms with Gasteiger partial charge in [-0.05, 0) is 49.6 Å². The van der Waals surface area contributed by atoms with Crippen LogP contribution < -0.4 is 4.74 Å². The van der Waals surface area contributed by atoms with E-state index in [1.54, 1.807) is 0 Å². The first-order valence-electron chi connectivity index (χ1n) is 7.90. The van der Waals surface area contributed by atoms with Crippen LogP contribution in [-0.2, 0) is 11.3 Å².